The van der Waals surface area contributed by atoms with Crippen molar-refractivity contribution in [2.75, 3.05) is 9.96 Å². The van der Waals surface area contributed by atoms with Gasteiger partial charge in [-0.05, 0) is 57.2 Å². The number of rotatable bonds is 3. The Balaban J connectivity index is 1.48. The third kappa shape index (κ3) is 3.15. The van der Waals surface area contributed by atoms with E-state index in [4.69, 9.17) is 4.84 Å². The van der Waals surface area contributed by atoms with Crippen LogP contribution in [0.15, 0.2) is 95.5 Å². The van der Waals surface area contributed by atoms with Gasteiger partial charge in [-0.2, -0.15) is 0 Å². The first-order valence-corrected chi connectivity index (χ1v) is 11.7. The first kappa shape index (κ1) is 21.0. The normalized spacial score (nSPS) is 22.0. The molecule has 0 spiro atoms. The standard InChI is InChI=1S/C27H18BrFN2O3/c28-20-15-17(13-14-21(20)29)24-23-25(34-31(24)18-9-2-1-3-10-18)27(33)30(26(23)32)22-12-6-8-16-7-4-5-11-19(16)22/h1-15,23-25H/t23-,24+,25-/m1/s1. The van der Waals surface area contributed by atoms with Crippen molar-refractivity contribution in [1.82, 2.24) is 0 Å². The molecule has 0 radical (unpaired) electrons. The summed E-state index contributed by atoms with van der Waals surface area (Å²) in [6.07, 6.45) is -0.986. The van der Waals surface area contributed by atoms with Gasteiger partial charge in [0, 0.05) is 5.39 Å². The average Bonchev–Trinajstić information content (AvgIpc) is 3.37. The summed E-state index contributed by atoms with van der Waals surface area (Å²) in [7, 11) is 0. The van der Waals surface area contributed by atoms with Crippen LogP contribution in [0, 0.1) is 11.7 Å². The lowest BCUT2D eigenvalue weighted by atomic mass is 9.90. The molecule has 2 aliphatic heterocycles. The zero-order valence-electron chi connectivity index (χ0n) is 17.8. The molecule has 0 N–H and O–H groups in total. The molecule has 6 rings (SSSR count). The molecule has 5 nitrogen and oxygen atoms in total. The number of benzene rings is 4. The predicted molar refractivity (Wildman–Crippen MR) is 131 cm³/mol. The van der Waals surface area contributed by atoms with Crippen LogP contribution in [0.2, 0.25) is 0 Å². The number of hydrogen-bond acceptors (Lipinski definition) is 4. The second kappa shape index (κ2) is 8.04. The second-order valence-electron chi connectivity index (χ2n) is 8.34. The van der Waals surface area contributed by atoms with Crippen LogP contribution in [0.1, 0.15) is 11.6 Å². The molecule has 4 aromatic carbocycles. The van der Waals surface area contributed by atoms with Crippen LogP contribution in [0.3, 0.4) is 0 Å². The molecule has 7 heteroatoms. The Kier molecular flexibility index (Phi) is 4.97. The van der Waals surface area contributed by atoms with E-state index in [9.17, 15) is 14.0 Å². The van der Waals surface area contributed by atoms with Crippen molar-refractivity contribution in [3.63, 3.8) is 0 Å². The molecule has 0 unspecified atom stereocenters. The summed E-state index contributed by atoms with van der Waals surface area (Å²) in [5, 5.41) is 3.35. The van der Waals surface area contributed by atoms with Crippen molar-refractivity contribution in [3.05, 3.63) is 107 Å². The fourth-order valence-electron chi connectivity index (χ4n) is 4.89. The SMILES string of the molecule is O=C1[C@H]2[C@@H](ON(c3ccccc3)[C@H]2c2ccc(F)c(Br)c2)C(=O)N1c1cccc2ccccc12. The highest BCUT2D eigenvalue weighted by atomic mass is 79.9. The van der Waals surface area contributed by atoms with Crippen molar-refractivity contribution in [2.45, 2.75) is 12.1 Å². The van der Waals surface area contributed by atoms with Gasteiger partial charge in [0.05, 0.1) is 21.9 Å². The summed E-state index contributed by atoms with van der Waals surface area (Å²) >= 11 is 3.25. The van der Waals surface area contributed by atoms with E-state index in [2.05, 4.69) is 15.9 Å². The maximum Gasteiger partial charge on any atom is 0.266 e. The molecule has 2 aliphatic rings. The average molecular weight is 517 g/mol. The summed E-state index contributed by atoms with van der Waals surface area (Å²) in [5.41, 5.74) is 1.92. The number of halogens is 2. The molecule has 0 bridgehead atoms. The maximum absolute atomic E-state index is 14.0. The molecule has 4 aromatic rings. The number of hydrogen-bond donors (Lipinski definition) is 0. The van der Waals surface area contributed by atoms with E-state index in [1.807, 2.05) is 66.7 Å². The molecule has 2 fully saturated rings. The van der Waals surface area contributed by atoms with E-state index in [-0.39, 0.29) is 10.4 Å². The van der Waals surface area contributed by atoms with Crippen molar-refractivity contribution >= 4 is 49.9 Å². The van der Waals surface area contributed by atoms with Gasteiger partial charge in [0.15, 0.2) is 6.10 Å². The van der Waals surface area contributed by atoms with E-state index >= 15 is 0 Å². The molecular weight excluding hydrogens is 499 g/mol. The van der Waals surface area contributed by atoms with E-state index in [0.29, 0.717) is 16.9 Å². The van der Waals surface area contributed by atoms with Crippen LogP contribution in [0.25, 0.3) is 10.8 Å². The van der Waals surface area contributed by atoms with Crippen LogP contribution in [0.5, 0.6) is 0 Å². The Bertz CT molecular complexity index is 1440. The molecule has 2 saturated heterocycles. The van der Waals surface area contributed by atoms with Gasteiger partial charge >= 0.3 is 0 Å². The number of carbonyl (C=O) groups is 2. The van der Waals surface area contributed by atoms with Crippen LogP contribution in [0.4, 0.5) is 15.8 Å². The van der Waals surface area contributed by atoms with Gasteiger partial charge in [-0.1, -0.05) is 60.7 Å². The van der Waals surface area contributed by atoms with Crippen molar-refractivity contribution < 1.29 is 18.8 Å². The molecule has 2 heterocycles. The minimum atomic E-state index is -0.986. The third-order valence-electron chi connectivity index (χ3n) is 6.42. The minimum absolute atomic E-state index is 0.282. The Hall–Kier alpha value is -3.55. The Labute approximate surface area is 203 Å². The van der Waals surface area contributed by atoms with Gasteiger partial charge in [0.2, 0.25) is 5.91 Å². The highest BCUT2D eigenvalue weighted by molar-refractivity contribution is 9.10. The number of imide groups is 1. The summed E-state index contributed by atoms with van der Waals surface area (Å²) in [5.74, 6) is -1.94. The van der Waals surface area contributed by atoms with Gasteiger partial charge in [-0.15, -0.1) is 0 Å². The lowest BCUT2D eigenvalue weighted by Gasteiger charge is -2.29. The van der Waals surface area contributed by atoms with E-state index in [0.717, 1.165) is 10.8 Å². The number of para-hydroxylation sites is 1. The highest BCUT2D eigenvalue weighted by Gasteiger charge is 2.60. The van der Waals surface area contributed by atoms with Gasteiger partial charge in [-0.3, -0.25) is 14.4 Å². The van der Waals surface area contributed by atoms with Crippen molar-refractivity contribution in [3.8, 4) is 0 Å². The lowest BCUT2D eigenvalue weighted by Crippen LogP contribution is -2.37. The second-order valence-corrected chi connectivity index (χ2v) is 9.20. The summed E-state index contributed by atoms with van der Waals surface area (Å²) in [6, 6.07) is 26.5. The first-order valence-electron chi connectivity index (χ1n) is 10.9. The summed E-state index contributed by atoms with van der Waals surface area (Å²) < 4.78 is 14.3. The lowest BCUT2D eigenvalue weighted by molar-refractivity contribution is -0.126. The number of hydroxylamine groups is 1. The number of nitrogens with zero attached hydrogens (tertiary/aromatic N) is 2. The molecule has 168 valence electrons. The molecule has 0 saturated carbocycles. The first-order chi connectivity index (χ1) is 16.5. The Morgan fingerprint density at radius 2 is 1.56 bits per heavy atom. The quantitative estimate of drug-likeness (QED) is 0.323. The molecular formula is C27H18BrFN2O3. The van der Waals surface area contributed by atoms with E-state index < -0.39 is 29.8 Å². The van der Waals surface area contributed by atoms with Gasteiger partial charge < -0.3 is 0 Å². The number of anilines is 2. The fraction of sp³-hybridized carbons (Fsp3) is 0.111. The number of amides is 2. The summed E-state index contributed by atoms with van der Waals surface area (Å²) in [4.78, 5) is 34.9. The highest BCUT2D eigenvalue weighted by Crippen LogP contribution is 2.48. The Morgan fingerprint density at radius 1 is 0.824 bits per heavy atom. The van der Waals surface area contributed by atoms with Crippen LogP contribution in [-0.2, 0) is 14.4 Å². The van der Waals surface area contributed by atoms with Gasteiger partial charge in [-0.25, -0.2) is 14.4 Å². The van der Waals surface area contributed by atoms with Gasteiger partial charge in [0.25, 0.3) is 5.91 Å². The molecule has 3 atom stereocenters. The smallest absolute Gasteiger partial charge is 0.266 e. The number of carbonyl (C=O) groups excluding carboxylic acids is 2. The van der Waals surface area contributed by atoms with Gasteiger partial charge in [0.1, 0.15) is 11.7 Å². The minimum Gasteiger partial charge on any atom is -0.273 e. The Morgan fingerprint density at radius 3 is 2.35 bits per heavy atom. The zero-order chi connectivity index (χ0) is 23.4. The van der Waals surface area contributed by atoms with Crippen LogP contribution < -0.4 is 9.96 Å². The van der Waals surface area contributed by atoms with Crippen molar-refractivity contribution in [2.24, 2.45) is 5.92 Å². The molecule has 0 aliphatic carbocycles. The predicted octanol–water partition coefficient (Wildman–Crippen LogP) is 5.79. The maximum atomic E-state index is 14.0. The molecule has 0 aromatic heterocycles. The van der Waals surface area contributed by atoms with Crippen molar-refractivity contribution in [1.29, 1.82) is 0 Å². The number of fused-ring (bicyclic) bond motifs is 2. The third-order valence-corrected chi connectivity index (χ3v) is 7.03. The zero-order valence-corrected chi connectivity index (χ0v) is 19.4. The molecule has 2 amide bonds. The monoisotopic (exact) mass is 516 g/mol. The largest absolute Gasteiger partial charge is 0.273 e. The van der Waals surface area contributed by atoms with Crippen LogP contribution >= 0.6 is 15.9 Å². The molecule has 34 heavy (non-hydrogen) atoms. The summed E-state index contributed by atoms with van der Waals surface area (Å²) in [6.45, 7) is 0. The van der Waals surface area contributed by atoms with E-state index in [1.165, 1.54) is 11.0 Å². The fourth-order valence-corrected chi connectivity index (χ4v) is 5.29. The topological polar surface area (TPSA) is 49.9 Å². The van der Waals surface area contributed by atoms with Crippen LogP contribution in [-0.4, -0.2) is 17.9 Å². The van der Waals surface area contributed by atoms with E-state index in [1.54, 1.807) is 23.3 Å².